The Kier molecular flexibility index (Phi) is 3.61. The summed E-state index contributed by atoms with van der Waals surface area (Å²) in [5.41, 5.74) is 7.14. The zero-order chi connectivity index (χ0) is 13.8. The Labute approximate surface area is 109 Å². The van der Waals surface area contributed by atoms with E-state index in [9.17, 15) is 14.5 Å². The van der Waals surface area contributed by atoms with Crippen molar-refractivity contribution in [2.24, 2.45) is 0 Å². The highest BCUT2D eigenvalue weighted by molar-refractivity contribution is 5.65. The molecule has 5 nitrogen and oxygen atoms in total. The highest BCUT2D eigenvalue weighted by atomic mass is 19.1. The lowest BCUT2D eigenvalue weighted by Gasteiger charge is -2.07. The summed E-state index contributed by atoms with van der Waals surface area (Å²) >= 11 is 0. The molecule has 2 aromatic carbocycles. The van der Waals surface area contributed by atoms with Crippen molar-refractivity contribution in [2.45, 2.75) is 6.54 Å². The van der Waals surface area contributed by atoms with Crippen LogP contribution in [0.2, 0.25) is 0 Å². The van der Waals surface area contributed by atoms with Gasteiger partial charge in [-0.15, -0.1) is 0 Å². The molecule has 0 aliphatic carbocycles. The number of rotatable bonds is 4. The first-order valence-electron chi connectivity index (χ1n) is 5.58. The van der Waals surface area contributed by atoms with Gasteiger partial charge in [-0.25, -0.2) is 4.39 Å². The molecular weight excluding hydrogens is 249 g/mol. The lowest BCUT2D eigenvalue weighted by atomic mass is 10.2. The van der Waals surface area contributed by atoms with E-state index in [4.69, 9.17) is 5.73 Å². The van der Waals surface area contributed by atoms with E-state index in [2.05, 4.69) is 5.32 Å². The fourth-order valence-electron chi connectivity index (χ4n) is 1.64. The summed E-state index contributed by atoms with van der Waals surface area (Å²) in [5, 5.41) is 13.7. The third-order valence-electron chi connectivity index (χ3n) is 2.63. The topological polar surface area (TPSA) is 81.2 Å². The van der Waals surface area contributed by atoms with Crippen LogP contribution in [0.5, 0.6) is 0 Å². The fraction of sp³-hybridized carbons (Fsp3) is 0.0769. The number of hydrogen-bond acceptors (Lipinski definition) is 4. The molecule has 2 rings (SSSR count). The molecule has 0 amide bonds. The summed E-state index contributed by atoms with van der Waals surface area (Å²) < 4.78 is 12.7. The number of benzene rings is 2. The molecule has 0 saturated carbocycles. The Morgan fingerprint density at radius 1 is 1.21 bits per heavy atom. The maximum Gasteiger partial charge on any atom is 0.292 e. The number of anilines is 2. The van der Waals surface area contributed by atoms with Crippen LogP contribution < -0.4 is 11.1 Å². The minimum atomic E-state index is -0.529. The molecule has 0 aliphatic rings. The van der Waals surface area contributed by atoms with Gasteiger partial charge < -0.3 is 11.1 Å². The van der Waals surface area contributed by atoms with Gasteiger partial charge >= 0.3 is 0 Å². The highest BCUT2D eigenvalue weighted by Crippen LogP contribution is 2.24. The van der Waals surface area contributed by atoms with Crippen molar-refractivity contribution >= 4 is 17.1 Å². The smallest absolute Gasteiger partial charge is 0.292 e. The first kappa shape index (κ1) is 12.8. The number of nitrogen functional groups attached to an aromatic ring is 1. The van der Waals surface area contributed by atoms with Crippen LogP contribution in [-0.4, -0.2) is 4.92 Å². The summed E-state index contributed by atoms with van der Waals surface area (Å²) in [6.45, 7) is 0.484. The molecule has 0 aliphatic heterocycles. The van der Waals surface area contributed by atoms with Gasteiger partial charge in [-0.3, -0.25) is 10.1 Å². The van der Waals surface area contributed by atoms with Gasteiger partial charge in [-0.1, -0.05) is 12.1 Å². The lowest BCUT2D eigenvalue weighted by Crippen LogP contribution is -2.01. The van der Waals surface area contributed by atoms with E-state index >= 15 is 0 Å². The van der Waals surface area contributed by atoms with Crippen molar-refractivity contribution in [3.8, 4) is 0 Å². The SMILES string of the molecule is Nc1cc(NCc2ccc(F)cc2)ccc1[N+](=O)[O-]. The van der Waals surface area contributed by atoms with E-state index < -0.39 is 4.92 Å². The van der Waals surface area contributed by atoms with Crippen LogP contribution in [0.4, 0.5) is 21.5 Å². The molecule has 0 spiro atoms. The van der Waals surface area contributed by atoms with E-state index in [0.29, 0.717) is 12.2 Å². The number of nitro benzene ring substituents is 1. The van der Waals surface area contributed by atoms with Crippen molar-refractivity contribution in [1.82, 2.24) is 0 Å². The summed E-state index contributed by atoms with van der Waals surface area (Å²) in [6, 6.07) is 10.5. The maximum atomic E-state index is 12.7. The molecule has 0 aromatic heterocycles. The molecule has 0 saturated heterocycles. The normalized spacial score (nSPS) is 10.2. The van der Waals surface area contributed by atoms with Gasteiger partial charge in [0.1, 0.15) is 11.5 Å². The maximum absolute atomic E-state index is 12.7. The van der Waals surface area contributed by atoms with Gasteiger partial charge in [0.05, 0.1) is 4.92 Å². The van der Waals surface area contributed by atoms with Gasteiger partial charge in [-0.05, 0) is 29.8 Å². The standard InChI is InChI=1S/C13H12FN3O2/c14-10-3-1-9(2-4-10)8-16-11-5-6-13(17(18)19)12(15)7-11/h1-7,16H,8,15H2. The van der Waals surface area contributed by atoms with Crippen molar-refractivity contribution in [3.63, 3.8) is 0 Å². The average molecular weight is 261 g/mol. The predicted molar refractivity (Wildman–Crippen MR) is 71.2 cm³/mol. The van der Waals surface area contributed by atoms with Crippen LogP contribution in [0.1, 0.15) is 5.56 Å². The Balaban J connectivity index is 2.06. The molecular formula is C13H12FN3O2. The van der Waals surface area contributed by atoms with Crippen molar-refractivity contribution in [1.29, 1.82) is 0 Å². The molecule has 19 heavy (non-hydrogen) atoms. The predicted octanol–water partition coefficient (Wildman–Crippen LogP) is 2.93. The van der Waals surface area contributed by atoms with E-state index in [1.165, 1.54) is 24.3 Å². The molecule has 0 bridgehead atoms. The Morgan fingerprint density at radius 3 is 2.47 bits per heavy atom. The molecule has 2 aromatic rings. The van der Waals surface area contributed by atoms with Crippen LogP contribution in [0.15, 0.2) is 42.5 Å². The van der Waals surface area contributed by atoms with Crippen LogP contribution in [0.25, 0.3) is 0 Å². The largest absolute Gasteiger partial charge is 0.393 e. The zero-order valence-corrected chi connectivity index (χ0v) is 9.97. The Morgan fingerprint density at radius 2 is 1.89 bits per heavy atom. The first-order chi connectivity index (χ1) is 9.06. The number of nitrogens with two attached hydrogens (primary N) is 1. The van der Waals surface area contributed by atoms with Crippen molar-refractivity contribution in [2.75, 3.05) is 11.1 Å². The number of nitro groups is 1. The third-order valence-corrected chi connectivity index (χ3v) is 2.63. The molecule has 0 fully saturated rings. The molecule has 0 heterocycles. The average Bonchev–Trinajstić information content (AvgIpc) is 2.37. The summed E-state index contributed by atoms with van der Waals surface area (Å²) in [4.78, 5) is 10.1. The van der Waals surface area contributed by atoms with E-state index in [1.54, 1.807) is 18.2 Å². The minimum Gasteiger partial charge on any atom is -0.393 e. The van der Waals surface area contributed by atoms with Gasteiger partial charge in [0.15, 0.2) is 0 Å². The zero-order valence-electron chi connectivity index (χ0n) is 9.97. The second kappa shape index (κ2) is 5.34. The van der Waals surface area contributed by atoms with Gasteiger partial charge in [0.25, 0.3) is 5.69 Å². The van der Waals surface area contributed by atoms with Crippen LogP contribution >= 0.6 is 0 Å². The summed E-state index contributed by atoms with van der Waals surface area (Å²) in [7, 11) is 0. The molecule has 0 atom stereocenters. The second-order valence-electron chi connectivity index (χ2n) is 4.01. The van der Waals surface area contributed by atoms with E-state index in [0.717, 1.165) is 5.56 Å². The Bertz CT molecular complexity index is 599. The first-order valence-corrected chi connectivity index (χ1v) is 5.58. The number of hydrogen-bond donors (Lipinski definition) is 2. The van der Waals surface area contributed by atoms with Crippen LogP contribution in [0, 0.1) is 15.9 Å². The van der Waals surface area contributed by atoms with Crippen LogP contribution in [-0.2, 0) is 6.54 Å². The molecule has 6 heteroatoms. The molecule has 98 valence electrons. The van der Waals surface area contributed by atoms with Crippen molar-refractivity contribution < 1.29 is 9.31 Å². The Hall–Kier alpha value is -2.63. The lowest BCUT2D eigenvalue weighted by molar-refractivity contribution is -0.383. The number of nitrogens with one attached hydrogen (secondary N) is 1. The third kappa shape index (κ3) is 3.19. The van der Waals surface area contributed by atoms with Crippen molar-refractivity contribution in [3.05, 3.63) is 64.0 Å². The fourth-order valence-corrected chi connectivity index (χ4v) is 1.64. The summed E-state index contributed by atoms with van der Waals surface area (Å²) in [6.07, 6.45) is 0. The number of halogens is 1. The van der Waals surface area contributed by atoms with Gasteiger partial charge in [0.2, 0.25) is 0 Å². The second-order valence-corrected chi connectivity index (χ2v) is 4.01. The molecule has 0 unspecified atom stereocenters. The van der Waals surface area contributed by atoms with E-state index in [1.807, 2.05) is 0 Å². The molecule has 0 radical (unpaired) electrons. The van der Waals surface area contributed by atoms with Crippen LogP contribution in [0.3, 0.4) is 0 Å². The minimum absolute atomic E-state index is 0.106. The van der Waals surface area contributed by atoms with E-state index in [-0.39, 0.29) is 17.2 Å². The monoisotopic (exact) mass is 261 g/mol. The highest BCUT2D eigenvalue weighted by Gasteiger charge is 2.10. The van der Waals surface area contributed by atoms with Gasteiger partial charge in [-0.2, -0.15) is 0 Å². The summed E-state index contributed by atoms with van der Waals surface area (Å²) in [5.74, 6) is -0.289. The molecule has 3 N–H and O–H groups in total. The van der Waals surface area contributed by atoms with Gasteiger partial charge in [0, 0.05) is 18.3 Å². The number of nitrogens with zero attached hydrogens (tertiary/aromatic N) is 1. The quantitative estimate of drug-likeness (QED) is 0.503.